The minimum absolute atomic E-state index is 0.0782. The lowest BCUT2D eigenvalue weighted by atomic mass is 10.1. The maximum atomic E-state index is 12.0. The molecule has 7 nitrogen and oxygen atoms in total. The lowest BCUT2D eigenvalue weighted by Crippen LogP contribution is -2.21. The molecule has 0 saturated heterocycles. The van der Waals surface area contributed by atoms with E-state index < -0.39 is 5.56 Å². The molecule has 19 heavy (non-hydrogen) atoms. The number of hydrogen-bond donors (Lipinski definition) is 0. The Balaban J connectivity index is 2.85. The average molecular weight is 252 g/mol. The van der Waals surface area contributed by atoms with Gasteiger partial charge in [0.15, 0.2) is 5.95 Å². The Morgan fingerprint density at radius 3 is 2.68 bits per heavy atom. The highest BCUT2D eigenvalue weighted by molar-refractivity contribution is 5.66. The summed E-state index contributed by atoms with van der Waals surface area (Å²) in [6, 6.07) is 10.6. The minimum Gasteiger partial charge on any atom is -0.293 e. The van der Waals surface area contributed by atoms with Gasteiger partial charge in [-0.3, -0.25) is 9.36 Å². The molecule has 0 aliphatic rings. The van der Waals surface area contributed by atoms with E-state index >= 15 is 0 Å². The van der Waals surface area contributed by atoms with Crippen molar-refractivity contribution in [1.82, 2.24) is 9.55 Å². The van der Waals surface area contributed by atoms with Crippen molar-refractivity contribution >= 4 is 5.95 Å². The van der Waals surface area contributed by atoms with E-state index in [1.54, 1.807) is 24.3 Å². The largest absolute Gasteiger partial charge is 0.293 e. The molecule has 0 unspecified atom stereocenters. The second-order valence-electron chi connectivity index (χ2n) is 3.67. The highest BCUT2D eigenvalue weighted by Crippen LogP contribution is 2.21. The van der Waals surface area contributed by atoms with Crippen LogP contribution in [0.15, 0.2) is 40.2 Å². The SMILES string of the molecule is Cn1c(N=[N+]=[N-])nc(-c2ccccc2)c(C#N)c1=O. The van der Waals surface area contributed by atoms with Crippen molar-refractivity contribution in [2.75, 3.05) is 0 Å². The molecule has 0 amide bonds. The molecule has 0 saturated carbocycles. The van der Waals surface area contributed by atoms with E-state index in [1.807, 2.05) is 12.1 Å². The number of aromatic nitrogens is 2. The van der Waals surface area contributed by atoms with Crippen molar-refractivity contribution in [1.29, 1.82) is 5.26 Å². The van der Waals surface area contributed by atoms with Crippen LogP contribution < -0.4 is 5.56 Å². The van der Waals surface area contributed by atoms with Crippen molar-refractivity contribution in [2.24, 2.45) is 12.2 Å². The summed E-state index contributed by atoms with van der Waals surface area (Å²) in [5.74, 6) is -0.0784. The van der Waals surface area contributed by atoms with Gasteiger partial charge >= 0.3 is 0 Å². The first kappa shape index (κ1) is 12.4. The number of nitrogens with zero attached hydrogens (tertiary/aromatic N) is 6. The minimum atomic E-state index is -0.543. The van der Waals surface area contributed by atoms with Crippen molar-refractivity contribution in [2.45, 2.75) is 0 Å². The van der Waals surface area contributed by atoms with Crippen molar-refractivity contribution in [3.05, 3.63) is 56.7 Å². The Labute approximate surface area is 108 Å². The summed E-state index contributed by atoms with van der Waals surface area (Å²) in [6.45, 7) is 0. The molecule has 0 spiro atoms. The molecule has 0 fully saturated rings. The van der Waals surface area contributed by atoms with Crippen LogP contribution in [-0.2, 0) is 7.05 Å². The van der Waals surface area contributed by atoms with Crippen LogP contribution in [-0.4, -0.2) is 9.55 Å². The van der Waals surface area contributed by atoms with Gasteiger partial charge in [-0.15, -0.1) is 0 Å². The van der Waals surface area contributed by atoms with Gasteiger partial charge in [0.25, 0.3) is 5.56 Å². The molecule has 1 aromatic carbocycles. The van der Waals surface area contributed by atoms with Gasteiger partial charge in [-0.2, -0.15) is 5.26 Å². The molecule has 0 radical (unpaired) electrons. The first-order valence-electron chi connectivity index (χ1n) is 5.30. The molecule has 0 N–H and O–H groups in total. The van der Waals surface area contributed by atoms with E-state index in [0.29, 0.717) is 5.56 Å². The van der Waals surface area contributed by atoms with Gasteiger partial charge in [0.1, 0.15) is 11.6 Å². The zero-order valence-corrected chi connectivity index (χ0v) is 9.98. The van der Waals surface area contributed by atoms with Gasteiger partial charge < -0.3 is 0 Å². The summed E-state index contributed by atoms with van der Waals surface area (Å²) in [7, 11) is 1.40. The van der Waals surface area contributed by atoms with E-state index in [1.165, 1.54) is 7.05 Å². The van der Waals surface area contributed by atoms with Crippen LogP contribution in [0.1, 0.15) is 5.56 Å². The standard InChI is InChI=1S/C12H8N6O/c1-18-11(19)9(7-13)10(15-12(18)16-17-14)8-5-3-2-4-6-8/h2-6H,1H3. The molecule has 92 valence electrons. The van der Waals surface area contributed by atoms with Gasteiger partial charge in [-0.1, -0.05) is 30.3 Å². The predicted octanol–water partition coefficient (Wildman–Crippen LogP) is 2.26. The number of nitriles is 1. The van der Waals surface area contributed by atoms with Gasteiger partial charge in [0.2, 0.25) is 0 Å². The van der Waals surface area contributed by atoms with E-state index in [0.717, 1.165) is 4.57 Å². The lowest BCUT2D eigenvalue weighted by Gasteiger charge is -2.07. The van der Waals surface area contributed by atoms with Gasteiger partial charge in [0, 0.05) is 17.5 Å². The maximum absolute atomic E-state index is 12.0. The summed E-state index contributed by atoms with van der Waals surface area (Å²) < 4.78 is 1.05. The third-order valence-electron chi connectivity index (χ3n) is 2.56. The van der Waals surface area contributed by atoms with Crippen LogP contribution in [0.5, 0.6) is 0 Å². The zero-order valence-electron chi connectivity index (χ0n) is 9.98. The molecule has 2 aromatic rings. The molecular weight excluding hydrogens is 244 g/mol. The van der Waals surface area contributed by atoms with Crippen molar-refractivity contribution in [3.8, 4) is 17.3 Å². The average Bonchev–Trinajstić information content (AvgIpc) is 2.45. The molecule has 0 aliphatic heterocycles. The van der Waals surface area contributed by atoms with Crippen LogP contribution in [0.3, 0.4) is 0 Å². The fourth-order valence-electron chi connectivity index (χ4n) is 1.63. The predicted molar refractivity (Wildman–Crippen MR) is 68.4 cm³/mol. The Hall–Kier alpha value is -3.10. The normalized spacial score (nSPS) is 9.47. The number of hydrogen-bond acceptors (Lipinski definition) is 4. The van der Waals surface area contributed by atoms with Crippen LogP contribution in [0.25, 0.3) is 21.7 Å². The van der Waals surface area contributed by atoms with E-state index in [9.17, 15) is 4.79 Å². The highest BCUT2D eigenvalue weighted by Gasteiger charge is 2.14. The molecule has 0 bridgehead atoms. The number of rotatable bonds is 2. The zero-order chi connectivity index (χ0) is 13.8. The summed E-state index contributed by atoms with van der Waals surface area (Å²) in [6.07, 6.45) is 0. The van der Waals surface area contributed by atoms with Crippen molar-refractivity contribution < 1.29 is 0 Å². The van der Waals surface area contributed by atoms with Crippen molar-refractivity contribution in [3.63, 3.8) is 0 Å². The van der Waals surface area contributed by atoms with E-state index in [-0.39, 0.29) is 17.2 Å². The first-order valence-corrected chi connectivity index (χ1v) is 5.30. The number of benzene rings is 1. The smallest absolute Gasteiger partial charge is 0.271 e. The summed E-state index contributed by atoms with van der Waals surface area (Å²) in [5.41, 5.74) is 8.67. The monoisotopic (exact) mass is 252 g/mol. The van der Waals surface area contributed by atoms with Gasteiger partial charge in [0.05, 0.1) is 5.69 Å². The van der Waals surface area contributed by atoms with E-state index in [2.05, 4.69) is 15.0 Å². The number of azide groups is 1. The second kappa shape index (κ2) is 5.04. The topological polar surface area (TPSA) is 107 Å². The van der Waals surface area contributed by atoms with Crippen LogP contribution >= 0.6 is 0 Å². The van der Waals surface area contributed by atoms with E-state index in [4.69, 9.17) is 10.8 Å². The third-order valence-corrected chi connectivity index (χ3v) is 2.56. The first-order chi connectivity index (χ1) is 9.19. The molecule has 7 heteroatoms. The quantitative estimate of drug-likeness (QED) is 0.464. The molecular formula is C12H8N6O. The summed E-state index contributed by atoms with van der Waals surface area (Å²) >= 11 is 0. The molecule has 1 heterocycles. The molecule has 0 aliphatic carbocycles. The third kappa shape index (κ3) is 2.16. The lowest BCUT2D eigenvalue weighted by molar-refractivity contribution is 0.822. The maximum Gasteiger partial charge on any atom is 0.271 e. The Morgan fingerprint density at radius 1 is 1.42 bits per heavy atom. The van der Waals surface area contributed by atoms with Crippen LogP contribution in [0, 0.1) is 11.3 Å². The fraction of sp³-hybridized carbons (Fsp3) is 0.0833. The van der Waals surface area contributed by atoms with Crippen LogP contribution in [0.2, 0.25) is 0 Å². The molecule has 0 atom stereocenters. The van der Waals surface area contributed by atoms with Gasteiger partial charge in [-0.05, 0) is 10.6 Å². The fourth-order valence-corrected chi connectivity index (χ4v) is 1.63. The molecule has 1 aromatic heterocycles. The Bertz CT molecular complexity index is 765. The second-order valence-corrected chi connectivity index (χ2v) is 3.67. The van der Waals surface area contributed by atoms with Crippen LogP contribution in [0.4, 0.5) is 5.95 Å². The summed E-state index contributed by atoms with van der Waals surface area (Å²) in [5, 5.41) is 12.5. The van der Waals surface area contributed by atoms with Gasteiger partial charge in [-0.25, -0.2) is 4.98 Å². The molecule has 2 rings (SSSR count). The highest BCUT2D eigenvalue weighted by atomic mass is 16.1. The summed E-state index contributed by atoms with van der Waals surface area (Å²) in [4.78, 5) is 18.7. The Morgan fingerprint density at radius 2 is 2.11 bits per heavy atom. The Kier molecular flexibility index (Phi) is 3.28.